The van der Waals surface area contributed by atoms with Crippen LogP contribution < -0.4 is 5.32 Å². The number of aromatic nitrogens is 5. The number of aromatic amines is 1. The first-order valence-corrected chi connectivity index (χ1v) is 6.63. The van der Waals surface area contributed by atoms with E-state index in [2.05, 4.69) is 36.5 Å². The van der Waals surface area contributed by atoms with Gasteiger partial charge in [-0.05, 0) is 31.4 Å². The van der Waals surface area contributed by atoms with Crippen LogP contribution in [0, 0.1) is 6.92 Å². The third kappa shape index (κ3) is 2.59. The van der Waals surface area contributed by atoms with Crippen LogP contribution in [0.15, 0.2) is 30.9 Å². The minimum Gasteiger partial charge on any atom is -0.369 e. The lowest BCUT2D eigenvalue weighted by Gasteiger charge is -2.06. The van der Waals surface area contributed by atoms with Crippen LogP contribution in [0.5, 0.6) is 0 Å². The molecule has 0 radical (unpaired) electrons. The first-order chi connectivity index (χ1) is 9.84. The number of pyridine rings is 1. The molecular formula is C14H16N6. The standard InChI is InChI=1S/C14H16N6/c1-10-12-13(17-9-18-14(12)20-19-10)16-7-3-5-11-4-2-6-15-8-11/h2,4,6,8-9H,3,5,7H2,1H3,(H2,16,17,18,19,20). The fourth-order valence-corrected chi connectivity index (χ4v) is 2.18. The lowest BCUT2D eigenvalue weighted by atomic mass is 10.1. The fourth-order valence-electron chi connectivity index (χ4n) is 2.18. The van der Waals surface area contributed by atoms with E-state index in [4.69, 9.17) is 0 Å². The minimum absolute atomic E-state index is 0.701. The van der Waals surface area contributed by atoms with Gasteiger partial charge in [-0.25, -0.2) is 9.97 Å². The Labute approximate surface area is 116 Å². The Morgan fingerprint density at radius 3 is 3.10 bits per heavy atom. The molecule has 0 fully saturated rings. The molecule has 20 heavy (non-hydrogen) atoms. The van der Waals surface area contributed by atoms with Crippen molar-refractivity contribution in [1.29, 1.82) is 0 Å². The quantitative estimate of drug-likeness (QED) is 0.693. The number of nitrogens with zero attached hydrogens (tertiary/aromatic N) is 4. The van der Waals surface area contributed by atoms with E-state index in [1.165, 1.54) is 11.9 Å². The Bertz CT molecular complexity index is 691. The van der Waals surface area contributed by atoms with Crippen molar-refractivity contribution in [1.82, 2.24) is 25.1 Å². The lowest BCUT2D eigenvalue weighted by molar-refractivity contribution is 0.855. The molecule has 3 aromatic heterocycles. The Hall–Kier alpha value is -2.50. The topological polar surface area (TPSA) is 79.4 Å². The highest BCUT2D eigenvalue weighted by Gasteiger charge is 2.08. The van der Waals surface area contributed by atoms with Gasteiger partial charge in [-0.15, -0.1) is 0 Å². The van der Waals surface area contributed by atoms with Crippen molar-refractivity contribution in [3.8, 4) is 0 Å². The molecule has 3 rings (SSSR count). The van der Waals surface area contributed by atoms with E-state index in [1.54, 1.807) is 6.20 Å². The molecule has 0 spiro atoms. The van der Waals surface area contributed by atoms with E-state index in [-0.39, 0.29) is 0 Å². The molecule has 2 N–H and O–H groups in total. The Morgan fingerprint density at radius 1 is 1.30 bits per heavy atom. The third-order valence-corrected chi connectivity index (χ3v) is 3.19. The molecule has 0 unspecified atom stereocenters. The number of anilines is 1. The number of nitrogens with one attached hydrogen (secondary N) is 2. The van der Waals surface area contributed by atoms with Crippen LogP contribution in [0.4, 0.5) is 5.82 Å². The van der Waals surface area contributed by atoms with E-state index in [0.29, 0.717) is 5.65 Å². The summed E-state index contributed by atoms with van der Waals surface area (Å²) < 4.78 is 0. The SMILES string of the molecule is Cc1[nH]nc2ncnc(NCCCc3cccnc3)c12. The third-order valence-electron chi connectivity index (χ3n) is 3.19. The molecule has 6 nitrogen and oxygen atoms in total. The average Bonchev–Trinajstić information content (AvgIpc) is 2.87. The molecule has 0 aromatic carbocycles. The normalized spacial score (nSPS) is 10.8. The highest BCUT2D eigenvalue weighted by atomic mass is 15.2. The van der Waals surface area contributed by atoms with Crippen molar-refractivity contribution in [2.24, 2.45) is 0 Å². The minimum atomic E-state index is 0.701. The molecule has 0 saturated carbocycles. The van der Waals surface area contributed by atoms with Gasteiger partial charge in [0, 0.05) is 24.6 Å². The van der Waals surface area contributed by atoms with Crippen molar-refractivity contribution >= 4 is 16.9 Å². The van der Waals surface area contributed by atoms with Gasteiger partial charge < -0.3 is 5.32 Å². The monoisotopic (exact) mass is 268 g/mol. The van der Waals surface area contributed by atoms with Crippen molar-refractivity contribution in [3.05, 3.63) is 42.1 Å². The van der Waals surface area contributed by atoms with Crippen molar-refractivity contribution < 1.29 is 0 Å². The summed E-state index contributed by atoms with van der Waals surface area (Å²) in [5, 5.41) is 11.4. The molecule has 0 aliphatic rings. The van der Waals surface area contributed by atoms with Gasteiger partial charge in [0.25, 0.3) is 0 Å². The van der Waals surface area contributed by atoms with Crippen LogP contribution >= 0.6 is 0 Å². The second-order valence-corrected chi connectivity index (χ2v) is 4.66. The number of hydrogen-bond acceptors (Lipinski definition) is 5. The molecule has 0 aliphatic heterocycles. The van der Waals surface area contributed by atoms with Gasteiger partial charge >= 0.3 is 0 Å². The van der Waals surface area contributed by atoms with Crippen LogP contribution in [-0.4, -0.2) is 31.7 Å². The molecular weight excluding hydrogens is 252 g/mol. The molecule has 0 aliphatic carbocycles. The Morgan fingerprint density at radius 2 is 2.25 bits per heavy atom. The van der Waals surface area contributed by atoms with E-state index >= 15 is 0 Å². The number of H-pyrrole nitrogens is 1. The van der Waals surface area contributed by atoms with Gasteiger partial charge in [0.15, 0.2) is 5.65 Å². The van der Waals surface area contributed by atoms with E-state index in [9.17, 15) is 0 Å². The van der Waals surface area contributed by atoms with Gasteiger partial charge in [-0.3, -0.25) is 10.1 Å². The van der Waals surface area contributed by atoms with E-state index < -0.39 is 0 Å². The summed E-state index contributed by atoms with van der Waals surface area (Å²) in [6.07, 6.45) is 7.25. The summed E-state index contributed by atoms with van der Waals surface area (Å²) in [4.78, 5) is 12.5. The maximum atomic E-state index is 4.29. The fraction of sp³-hybridized carbons (Fsp3) is 0.286. The van der Waals surface area contributed by atoms with Crippen molar-refractivity contribution in [2.45, 2.75) is 19.8 Å². The maximum Gasteiger partial charge on any atom is 0.186 e. The molecule has 0 bridgehead atoms. The molecule has 0 atom stereocenters. The first-order valence-electron chi connectivity index (χ1n) is 6.63. The molecule has 3 aromatic rings. The van der Waals surface area contributed by atoms with E-state index in [0.717, 1.165) is 36.3 Å². The summed E-state index contributed by atoms with van der Waals surface area (Å²) in [5.41, 5.74) is 2.93. The largest absolute Gasteiger partial charge is 0.369 e. The highest BCUT2D eigenvalue weighted by Crippen LogP contribution is 2.20. The zero-order valence-corrected chi connectivity index (χ0v) is 11.3. The number of aryl methyl sites for hydroxylation is 2. The zero-order chi connectivity index (χ0) is 13.8. The summed E-state index contributed by atoms with van der Waals surface area (Å²) in [7, 11) is 0. The van der Waals surface area contributed by atoms with Crippen molar-refractivity contribution in [3.63, 3.8) is 0 Å². The van der Waals surface area contributed by atoms with E-state index in [1.807, 2.05) is 19.2 Å². The second kappa shape index (κ2) is 5.64. The summed E-state index contributed by atoms with van der Waals surface area (Å²) >= 11 is 0. The van der Waals surface area contributed by atoms with Gasteiger partial charge in [0.1, 0.15) is 12.1 Å². The maximum absolute atomic E-state index is 4.29. The van der Waals surface area contributed by atoms with Crippen LogP contribution in [0.1, 0.15) is 17.7 Å². The number of fused-ring (bicyclic) bond motifs is 1. The second-order valence-electron chi connectivity index (χ2n) is 4.66. The summed E-state index contributed by atoms with van der Waals surface area (Å²) in [6.45, 7) is 2.82. The number of rotatable bonds is 5. The zero-order valence-electron chi connectivity index (χ0n) is 11.3. The highest BCUT2D eigenvalue weighted by molar-refractivity contribution is 5.88. The Kier molecular flexibility index (Phi) is 3.54. The predicted molar refractivity (Wildman–Crippen MR) is 77.5 cm³/mol. The molecule has 3 heterocycles. The molecule has 0 amide bonds. The predicted octanol–water partition coefficient (Wildman–Crippen LogP) is 2.10. The van der Waals surface area contributed by atoms with Crippen LogP contribution in [-0.2, 0) is 6.42 Å². The van der Waals surface area contributed by atoms with Crippen LogP contribution in [0.2, 0.25) is 0 Å². The molecule has 102 valence electrons. The smallest absolute Gasteiger partial charge is 0.186 e. The van der Waals surface area contributed by atoms with Gasteiger partial charge in [-0.2, -0.15) is 5.10 Å². The van der Waals surface area contributed by atoms with Gasteiger partial charge in [0.05, 0.1) is 5.39 Å². The number of hydrogen-bond donors (Lipinski definition) is 2. The van der Waals surface area contributed by atoms with Crippen LogP contribution in [0.3, 0.4) is 0 Å². The van der Waals surface area contributed by atoms with Crippen molar-refractivity contribution in [2.75, 3.05) is 11.9 Å². The molecule has 0 saturated heterocycles. The molecule has 6 heteroatoms. The summed E-state index contributed by atoms with van der Waals surface area (Å²) in [5.74, 6) is 0.840. The van der Waals surface area contributed by atoms with Gasteiger partial charge in [-0.1, -0.05) is 6.07 Å². The van der Waals surface area contributed by atoms with Crippen LogP contribution in [0.25, 0.3) is 11.0 Å². The average molecular weight is 268 g/mol. The lowest BCUT2D eigenvalue weighted by Crippen LogP contribution is -2.05. The van der Waals surface area contributed by atoms with Gasteiger partial charge in [0.2, 0.25) is 0 Å². The summed E-state index contributed by atoms with van der Waals surface area (Å²) in [6, 6.07) is 4.06. The Balaban J connectivity index is 1.61. The first kappa shape index (κ1) is 12.5.